The Morgan fingerprint density at radius 3 is 2.59 bits per heavy atom. The lowest BCUT2D eigenvalue weighted by Gasteiger charge is -2.27. The normalized spacial score (nSPS) is 14.0. The highest BCUT2D eigenvalue weighted by Crippen LogP contribution is 2.21. The van der Waals surface area contributed by atoms with Crippen molar-refractivity contribution in [3.05, 3.63) is 63.9 Å². The first kappa shape index (κ1) is 21.0. The number of anilines is 4. The van der Waals surface area contributed by atoms with Gasteiger partial charge in [0, 0.05) is 46.0 Å². The smallest absolute Gasteiger partial charge is 0.233 e. The molecule has 0 spiro atoms. The Kier molecular flexibility index (Phi) is 6.35. The second kappa shape index (κ2) is 9.70. The van der Waals surface area contributed by atoms with Crippen molar-refractivity contribution in [1.29, 1.82) is 0 Å². The summed E-state index contributed by atoms with van der Waals surface area (Å²) in [6.07, 6.45) is 2.94. The van der Waals surface area contributed by atoms with Crippen molar-refractivity contribution in [2.45, 2.75) is 6.42 Å². The zero-order chi connectivity index (χ0) is 21.8. The highest BCUT2D eigenvalue weighted by Gasteiger charge is 2.17. The lowest BCUT2D eigenvalue weighted by atomic mass is 10.1. The molecule has 0 unspecified atom stereocenters. The number of nitrogens with zero attached hydrogens (tertiary/aromatic N) is 4. The van der Waals surface area contributed by atoms with Crippen molar-refractivity contribution in [3.63, 3.8) is 0 Å². The Morgan fingerprint density at radius 1 is 0.969 bits per heavy atom. The van der Waals surface area contributed by atoms with Gasteiger partial charge in [-0.15, -0.1) is 0 Å². The third-order valence-corrected chi connectivity index (χ3v) is 6.09. The lowest BCUT2D eigenvalue weighted by Crippen LogP contribution is -2.37. The van der Waals surface area contributed by atoms with Gasteiger partial charge in [0.25, 0.3) is 0 Å². The number of rotatable bonds is 7. The number of nitrogens with one attached hydrogen (secondary N) is 3. The zero-order valence-corrected chi connectivity index (χ0v) is 19.7. The van der Waals surface area contributed by atoms with E-state index in [2.05, 4.69) is 82.5 Å². The minimum atomic E-state index is 0.525. The van der Waals surface area contributed by atoms with Gasteiger partial charge in [0.05, 0.1) is 13.2 Å². The molecule has 1 aliphatic heterocycles. The molecule has 1 saturated heterocycles. The van der Waals surface area contributed by atoms with E-state index >= 15 is 0 Å². The fourth-order valence-corrected chi connectivity index (χ4v) is 4.07. The van der Waals surface area contributed by atoms with Gasteiger partial charge in [-0.25, -0.2) is 0 Å². The number of aromatic amines is 1. The molecule has 0 saturated carbocycles. The first-order valence-electron chi connectivity index (χ1n) is 10.6. The van der Waals surface area contributed by atoms with Crippen LogP contribution in [0.2, 0.25) is 0 Å². The predicted octanol–water partition coefficient (Wildman–Crippen LogP) is 4.19. The number of hydrogen-bond acceptors (Lipinski definition) is 7. The zero-order valence-electron chi connectivity index (χ0n) is 17.5. The van der Waals surface area contributed by atoms with Gasteiger partial charge >= 0.3 is 0 Å². The summed E-state index contributed by atoms with van der Waals surface area (Å²) >= 11 is 2.29. The number of fused-ring (bicyclic) bond motifs is 1. The van der Waals surface area contributed by atoms with Crippen molar-refractivity contribution in [1.82, 2.24) is 19.9 Å². The van der Waals surface area contributed by atoms with Crippen LogP contribution in [0.1, 0.15) is 5.56 Å². The molecule has 1 fully saturated rings. The van der Waals surface area contributed by atoms with Gasteiger partial charge in [-0.3, -0.25) is 0 Å². The molecule has 0 bridgehead atoms. The standard InChI is InChI=1S/C23H24IN7O/c24-17-5-7-18(8-6-17)27-22-28-21(29-23(30-22)31-11-13-32-14-12-31)25-10-9-16-15-26-20-4-2-1-3-19(16)20/h1-8,15,26H,9-14H2,(H2,25,27,28,29,30). The number of halogens is 1. The topological polar surface area (TPSA) is 91.0 Å². The maximum absolute atomic E-state index is 5.48. The molecule has 4 aromatic rings. The van der Waals surface area contributed by atoms with Crippen LogP contribution in [-0.2, 0) is 11.2 Å². The summed E-state index contributed by atoms with van der Waals surface area (Å²) in [5.74, 6) is 1.75. The van der Waals surface area contributed by atoms with E-state index in [4.69, 9.17) is 4.74 Å². The van der Waals surface area contributed by atoms with E-state index in [1.807, 2.05) is 30.3 Å². The summed E-state index contributed by atoms with van der Waals surface area (Å²) in [5.41, 5.74) is 3.36. The van der Waals surface area contributed by atoms with E-state index in [-0.39, 0.29) is 0 Å². The third kappa shape index (κ3) is 4.94. The maximum Gasteiger partial charge on any atom is 0.233 e. The van der Waals surface area contributed by atoms with Crippen LogP contribution in [0.3, 0.4) is 0 Å². The average Bonchev–Trinajstić information content (AvgIpc) is 3.24. The molecule has 0 radical (unpaired) electrons. The third-order valence-electron chi connectivity index (χ3n) is 5.37. The quantitative estimate of drug-likeness (QED) is 0.303. The van der Waals surface area contributed by atoms with Crippen molar-refractivity contribution < 1.29 is 4.74 Å². The largest absolute Gasteiger partial charge is 0.378 e. The number of morpholine rings is 1. The summed E-state index contributed by atoms with van der Waals surface area (Å²) in [6, 6.07) is 16.5. The van der Waals surface area contributed by atoms with E-state index in [1.54, 1.807) is 0 Å². The molecule has 3 N–H and O–H groups in total. The van der Waals surface area contributed by atoms with Crippen LogP contribution in [0.5, 0.6) is 0 Å². The second-order valence-electron chi connectivity index (χ2n) is 7.55. The number of benzene rings is 2. The van der Waals surface area contributed by atoms with Crippen molar-refractivity contribution in [2.24, 2.45) is 0 Å². The first-order valence-corrected chi connectivity index (χ1v) is 11.7. The van der Waals surface area contributed by atoms with Gasteiger partial charge in [-0.2, -0.15) is 15.0 Å². The molecule has 5 rings (SSSR count). The van der Waals surface area contributed by atoms with Crippen molar-refractivity contribution in [2.75, 3.05) is 48.4 Å². The van der Waals surface area contributed by atoms with Crippen LogP contribution in [0.4, 0.5) is 23.5 Å². The molecular formula is C23H24IN7O. The predicted molar refractivity (Wildman–Crippen MR) is 136 cm³/mol. The number of H-pyrrole nitrogens is 1. The lowest BCUT2D eigenvalue weighted by molar-refractivity contribution is 0.122. The fraction of sp³-hybridized carbons (Fsp3) is 0.261. The van der Waals surface area contributed by atoms with E-state index < -0.39 is 0 Å². The molecule has 1 aliphatic rings. The van der Waals surface area contributed by atoms with E-state index in [9.17, 15) is 0 Å². The monoisotopic (exact) mass is 541 g/mol. The Morgan fingerprint density at radius 2 is 1.75 bits per heavy atom. The minimum Gasteiger partial charge on any atom is -0.378 e. The van der Waals surface area contributed by atoms with Crippen LogP contribution >= 0.6 is 22.6 Å². The summed E-state index contributed by atoms with van der Waals surface area (Å²) in [7, 11) is 0. The van der Waals surface area contributed by atoms with E-state index in [0.29, 0.717) is 31.1 Å². The maximum atomic E-state index is 5.48. The first-order chi connectivity index (χ1) is 15.7. The molecule has 8 nitrogen and oxygen atoms in total. The molecule has 0 aliphatic carbocycles. The van der Waals surface area contributed by atoms with Gasteiger partial charge in [0.15, 0.2) is 0 Å². The summed E-state index contributed by atoms with van der Waals surface area (Å²) in [4.78, 5) is 19.4. The van der Waals surface area contributed by atoms with Crippen molar-refractivity contribution >= 4 is 57.0 Å². The van der Waals surface area contributed by atoms with Gasteiger partial charge in [-0.1, -0.05) is 18.2 Å². The summed E-state index contributed by atoms with van der Waals surface area (Å²) < 4.78 is 6.66. The molecule has 0 atom stereocenters. The summed E-state index contributed by atoms with van der Waals surface area (Å²) in [6.45, 7) is 3.60. The second-order valence-corrected chi connectivity index (χ2v) is 8.80. The Labute approximate surface area is 200 Å². The fourth-order valence-electron chi connectivity index (χ4n) is 3.71. The molecule has 0 amide bonds. The van der Waals surface area contributed by atoms with Gasteiger partial charge < -0.3 is 25.3 Å². The number of hydrogen-bond donors (Lipinski definition) is 3. The highest BCUT2D eigenvalue weighted by atomic mass is 127. The molecular weight excluding hydrogens is 517 g/mol. The van der Waals surface area contributed by atoms with Crippen LogP contribution < -0.4 is 15.5 Å². The average molecular weight is 541 g/mol. The molecule has 164 valence electrons. The van der Waals surface area contributed by atoms with Crippen LogP contribution in [0.15, 0.2) is 54.7 Å². The molecule has 2 aromatic carbocycles. The summed E-state index contributed by atoms with van der Waals surface area (Å²) in [5, 5.41) is 7.95. The number of para-hydroxylation sites is 1. The number of ether oxygens (including phenoxy) is 1. The minimum absolute atomic E-state index is 0.525. The van der Waals surface area contributed by atoms with Crippen LogP contribution in [0.25, 0.3) is 10.9 Å². The number of aromatic nitrogens is 4. The van der Waals surface area contributed by atoms with Gasteiger partial charge in [-0.05, 0) is 64.9 Å². The van der Waals surface area contributed by atoms with Crippen LogP contribution in [0, 0.1) is 3.57 Å². The van der Waals surface area contributed by atoms with Gasteiger partial charge in [0.1, 0.15) is 0 Å². The molecule has 9 heteroatoms. The molecule has 3 heterocycles. The van der Waals surface area contributed by atoms with Gasteiger partial charge in [0.2, 0.25) is 17.8 Å². The SMILES string of the molecule is Ic1ccc(Nc2nc(NCCc3c[nH]c4ccccc34)nc(N3CCOCC3)n2)cc1. The highest BCUT2D eigenvalue weighted by molar-refractivity contribution is 14.1. The Hall–Kier alpha value is -2.92. The Balaban J connectivity index is 1.34. The Bertz CT molecular complexity index is 1190. The molecule has 32 heavy (non-hydrogen) atoms. The van der Waals surface area contributed by atoms with Crippen molar-refractivity contribution in [3.8, 4) is 0 Å². The van der Waals surface area contributed by atoms with Crippen LogP contribution in [-0.4, -0.2) is 52.8 Å². The van der Waals surface area contributed by atoms with E-state index in [1.165, 1.54) is 14.5 Å². The van der Waals surface area contributed by atoms with E-state index in [0.717, 1.165) is 37.3 Å². The molecule has 2 aromatic heterocycles.